The Balaban J connectivity index is 1.53. The summed E-state index contributed by atoms with van der Waals surface area (Å²) >= 11 is 0. The summed E-state index contributed by atoms with van der Waals surface area (Å²) in [7, 11) is 0. The van der Waals surface area contributed by atoms with Gasteiger partial charge >= 0.3 is 6.09 Å². The molecule has 2 aliphatic heterocycles. The van der Waals surface area contributed by atoms with E-state index < -0.39 is 6.09 Å². The van der Waals surface area contributed by atoms with Crippen LogP contribution in [0.25, 0.3) is 0 Å². The van der Waals surface area contributed by atoms with Gasteiger partial charge in [0.25, 0.3) is 5.91 Å². The van der Waals surface area contributed by atoms with Crippen LogP contribution in [0.5, 0.6) is 0 Å². The van der Waals surface area contributed by atoms with Crippen LogP contribution in [0.2, 0.25) is 0 Å². The minimum absolute atomic E-state index is 0.149. The summed E-state index contributed by atoms with van der Waals surface area (Å²) in [6.45, 7) is 0.776. The van der Waals surface area contributed by atoms with Crippen molar-refractivity contribution >= 4 is 17.9 Å². The predicted octanol–water partition coefficient (Wildman–Crippen LogP) is 0.756. The van der Waals surface area contributed by atoms with E-state index in [4.69, 9.17) is 0 Å². The topological polar surface area (TPSA) is 66.9 Å². The van der Waals surface area contributed by atoms with Gasteiger partial charge in [0.2, 0.25) is 5.91 Å². The molecule has 3 amide bonds. The van der Waals surface area contributed by atoms with Crippen molar-refractivity contribution in [2.75, 3.05) is 19.7 Å². The van der Waals surface area contributed by atoms with Crippen LogP contribution >= 0.6 is 0 Å². The van der Waals surface area contributed by atoms with Crippen molar-refractivity contribution in [2.24, 2.45) is 5.92 Å². The Kier molecular flexibility index (Phi) is 3.16. The number of cyclic esters (lactones) is 1. The highest BCUT2D eigenvalue weighted by molar-refractivity contribution is 5.98. The SMILES string of the molecule is O=C(C1CCCCC1)N1CC(N2C(=O)COC2=O)C1. The Bertz CT molecular complexity index is 395. The van der Waals surface area contributed by atoms with E-state index in [-0.39, 0.29) is 30.4 Å². The molecule has 0 unspecified atom stereocenters. The van der Waals surface area contributed by atoms with Crippen molar-refractivity contribution in [1.82, 2.24) is 9.80 Å². The Hall–Kier alpha value is -1.59. The fourth-order valence-electron chi connectivity index (χ4n) is 3.12. The average molecular weight is 266 g/mol. The van der Waals surface area contributed by atoms with E-state index in [0.29, 0.717) is 13.1 Å². The van der Waals surface area contributed by atoms with Crippen molar-refractivity contribution < 1.29 is 19.1 Å². The van der Waals surface area contributed by atoms with Crippen LogP contribution in [0.1, 0.15) is 32.1 Å². The lowest BCUT2D eigenvalue weighted by Crippen LogP contribution is -2.63. The van der Waals surface area contributed by atoms with Crippen LogP contribution in [0, 0.1) is 5.92 Å². The zero-order valence-electron chi connectivity index (χ0n) is 10.8. The van der Waals surface area contributed by atoms with Crippen LogP contribution in [0.3, 0.4) is 0 Å². The van der Waals surface area contributed by atoms with Crippen molar-refractivity contribution in [1.29, 1.82) is 0 Å². The molecule has 0 radical (unpaired) electrons. The molecule has 6 nitrogen and oxygen atoms in total. The van der Waals surface area contributed by atoms with E-state index in [9.17, 15) is 14.4 Å². The van der Waals surface area contributed by atoms with E-state index in [1.54, 1.807) is 4.90 Å². The Labute approximate surface area is 111 Å². The fraction of sp³-hybridized carbons (Fsp3) is 0.769. The number of carbonyl (C=O) groups excluding carboxylic acids is 3. The van der Waals surface area contributed by atoms with Crippen LogP contribution < -0.4 is 0 Å². The summed E-state index contributed by atoms with van der Waals surface area (Å²) in [6, 6.07) is -0.185. The molecule has 0 aromatic heterocycles. The molecule has 3 aliphatic rings. The van der Waals surface area contributed by atoms with Gasteiger partial charge in [0.05, 0.1) is 6.04 Å². The third-order valence-corrected chi connectivity index (χ3v) is 4.28. The second-order valence-corrected chi connectivity index (χ2v) is 5.55. The molecule has 104 valence electrons. The lowest BCUT2D eigenvalue weighted by Gasteiger charge is -2.43. The quantitative estimate of drug-likeness (QED) is 0.740. The van der Waals surface area contributed by atoms with Gasteiger partial charge in [-0.25, -0.2) is 9.69 Å². The number of ether oxygens (including phenoxy) is 1. The van der Waals surface area contributed by atoms with E-state index in [1.807, 2.05) is 0 Å². The van der Waals surface area contributed by atoms with Gasteiger partial charge in [-0.15, -0.1) is 0 Å². The molecule has 1 aliphatic carbocycles. The molecule has 1 saturated carbocycles. The Morgan fingerprint density at radius 2 is 1.79 bits per heavy atom. The minimum Gasteiger partial charge on any atom is -0.439 e. The van der Waals surface area contributed by atoms with Crippen LogP contribution in [0.15, 0.2) is 0 Å². The molecule has 0 N–H and O–H groups in total. The average Bonchev–Trinajstić information content (AvgIpc) is 2.70. The van der Waals surface area contributed by atoms with Crippen molar-refractivity contribution in [3.63, 3.8) is 0 Å². The van der Waals surface area contributed by atoms with Crippen molar-refractivity contribution in [3.05, 3.63) is 0 Å². The number of carbonyl (C=O) groups is 3. The molecule has 6 heteroatoms. The van der Waals surface area contributed by atoms with E-state index in [1.165, 1.54) is 6.42 Å². The summed E-state index contributed by atoms with van der Waals surface area (Å²) in [4.78, 5) is 38.0. The molecular formula is C13H18N2O4. The maximum atomic E-state index is 12.2. The molecule has 0 atom stereocenters. The number of hydrogen-bond donors (Lipinski definition) is 0. The zero-order valence-corrected chi connectivity index (χ0v) is 10.8. The molecule has 19 heavy (non-hydrogen) atoms. The van der Waals surface area contributed by atoms with Crippen molar-refractivity contribution in [3.8, 4) is 0 Å². The fourth-order valence-corrected chi connectivity index (χ4v) is 3.12. The Morgan fingerprint density at radius 1 is 1.11 bits per heavy atom. The van der Waals surface area contributed by atoms with Gasteiger partial charge in [0.1, 0.15) is 0 Å². The molecular weight excluding hydrogens is 248 g/mol. The van der Waals surface area contributed by atoms with Gasteiger partial charge in [-0.2, -0.15) is 0 Å². The highest BCUT2D eigenvalue weighted by Gasteiger charge is 2.45. The number of amides is 3. The lowest BCUT2D eigenvalue weighted by molar-refractivity contribution is -0.146. The first-order valence-electron chi connectivity index (χ1n) is 6.94. The van der Waals surface area contributed by atoms with Crippen LogP contribution in [-0.4, -0.2) is 53.4 Å². The molecule has 0 bridgehead atoms. The molecule has 3 fully saturated rings. The first-order chi connectivity index (χ1) is 9.16. The van der Waals surface area contributed by atoms with Gasteiger partial charge in [-0.05, 0) is 12.8 Å². The smallest absolute Gasteiger partial charge is 0.417 e. The normalized spacial score (nSPS) is 25.5. The molecule has 3 rings (SSSR count). The zero-order chi connectivity index (χ0) is 13.4. The van der Waals surface area contributed by atoms with Gasteiger partial charge in [-0.1, -0.05) is 19.3 Å². The van der Waals surface area contributed by atoms with E-state index >= 15 is 0 Å². The molecule has 0 spiro atoms. The maximum Gasteiger partial charge on any atom is 0.417 e. The minimum atomic E-state index is -0.570. The monoisotopic (exact) mass is 266 g/mol. The van der Waals surface area contributed by atoms with Crippen molar-refractivity contribution in [2.45, 2.75) is 38.1 Å². The van der Waals surface area contributed by atoms with E-state index in [2.05, 4.69) is 4.74 Å². The largest absolute Gasteiger partial charge is 0.439 e. The highest BCUT2D eigenvalue weighted by atomic mass is 16.6. The summed E-state index contributed by atoms with van der Waals surface area (Å²) in [5, 5.41) is 0. The standard InChI is InChI=1S/C13H18N2O4/c16-11-8-19-13(18)15(11)10-6-14(7-10)12(17)9-4-2-1-3-5-9/h9-10H,1-8H2. The van der Waals surface area contributed by atoms with Gasteiger partial charge in [0.15, 0.2) is 6.61 Å². The third-order valence-electron chi connectivity index (χ3n) is 4.28. The Morgan fingerprint density at radius 3 is 2.37 bits per heavy atom. The number of imide groups is 1. The summed E-state index contributed by atoms with van der Waals surface area (Å²) in [5.74, 6) is 0.0478. The molecule has 2 heterocycles. The second-order valence-electron chi connectivity index (χ2n) is 5.55. The summed E-state index contributed by atoms with van der Waals surface area (Å²) in [6.07, 6.45) is 4.87. The summed E-state index contributed by atoms with van der Waals surface area (Å²) in [5.41, 5.74) is 0. The summed E-state index contributed by atoms with van der Waals surface area (Å²) < 4.78 is 4.68. The lowest BCUT2D eigenvalue weighted by atomic mass is 9.87. The van der Waals surface area contributed by atoms with E-state index in [0.717, 1.165) is 30.6 Å². The van der Waals surface area contributed by atoms with Crippen LogP contribution in [0.4, 0.5) is 4.79 Å². The number of likely N-dealkylation sites (tertiary alicyclic amines) is 1. The van der Waals surface area contributed by atoms with Gasteiger partial charge in [-0.3, -0.25) is 9.59 Å². The number of rotatable bonds is 2. The first-order valence-corrected chi connectivity index (χ1v) is 6.94. The second kappa shape index (κ2) is 4.83. The molecule has 0 aromatic carbocycles. The highest BCUT2D eigenvalue weighted by Crippen LogP contribution is 2.28. The molecule has 2 saturated heterocycles. The molecule has 0 aromatic rings. The number of nitrogens with zero attached hydrogens (tertiary/aromatic N) is 2. The predicted molar refractivity (Wildman–Crippen MR) is 65.1 cm³/mol. The van der Waals surface area contributed by atoms with Crippen LogP contribution in [-0.2, 0) is 14.3 Å². The number of hydrogen-bond acceptors (Lipinski definition) is 4. The third kappa shape index (κ3) is 2.19. The first kappa shape index (κ1) is 12.4. The maximum absolute atomic E-state index is 12.2. The van der Waals surface area contributed by atoms with Gasteiger partial charge < -0.3 is 9.64 Å². The van der Waals surface area contributed by atoms with Gasteiger partial charge in [0, 0.05) is 19.0 Å².